The van der Waals surface area contributed by atoms with Crippen molar-refractivity contribution in [2.24, 2.45) is 4.99 Å². The van der Waals surface area contributed by atoms with Gasteiger partial charge in [-0.1, -0.05) is 35.5 Å². The number of nitrogens with zero attached hydrogens (tertiary/aromatic N) is 2. The maximum atomic E-state index is 4.34. The molecule has 0 fully saturated rings. The number of hydrogen-bond donors (Lipinski definition) is 0. The second kappa shape index (κ2) is 5.43. The molecule has 0 aliphatic carbocycles. The van der Waals surface area contributed by atoms with Gasteiger partial charge in [-0.2, -0.15) is 0 Å². The van der Waals surface area contributed by atoms with Gasteiger partial charge < -0.3 is 4.90 Å². The van der Waals surface area contributed by atoms with Gasteiger partial charge in [0.2, 0.25) is 0 Å². The lowest BCUT2D eigenvalue weighted by atomic mass is 10.2. The van der Waals surface area contributed by atoms with E-state index in [1.54, 1.807) is 6.08 Å². The molecule has 0 bridgehead atoms. The third-order valence-corrected chi connectivity index (χ3v) is 2.68. The Morgan fingerprint density at radius 3 is 2.62 bits per heavy atom. The summed E-state index contributed by atoms with van der Waals surface area (Å²) in [5, 5.41) is 0. The lowest BCUT2D eigenvalue weighted by molar-refractivity contribution is 0.389. The summed E-state index contributed by atoms with van der Waals surface area (Å²) >= 11 is 3.44. The Bertz CT molecular complexity index is 187. The van der Waals surface area contributed by atoms with Crippen LogP contribution in [0.1, 0.15) is 27.2 Å². The van der Waals surface area contributed by atoms with Crippen LogP contribution in [-0.4, -0.2) is 28.8 Å². The number of halogens is 1. The Morgan fingerprint density at radius 1 is 1.69 bits per heavy atom. The minimum absolute atomic E-state index is 0.339. The molecule has 0 spiro atoms. The number of aliphatic imine (C=N–C) groups is 1. The molecule has 0 radical (unpaired) electrons. The van der Waals surface area contributed by atoms with Crippen LogP contribution in [0.4, 0.5) is 0 Å². The largest absolute Gasteiger partial charge is 0.363 e. The second-order valence-corrected chi connectivity index (χ2v) is 5.00. The highest BCUT2D eigenvalue weighted by Gasteiger charge is 2.12. The highest BCUT2D eigenvalue weighted by molar-refractivity contribution is 9.10. The van der Waals surface area contributed by atoms with Crippen molar-refractivity contribution in [1.29, 1.82) is 0 Å². The van der Waals surface area contributed by atoms with Gasteiger partial charge in [-0.25, -0.2) is 0 Å². The first-order chi connectivity index (χ1) is 5.93. The van der Waals surface area contributed by atoms with Crippen molar-refractivity contribution in [3.05, 3.63) is 12.7 Å². The smallest absolute Gasteiger partial charge is 0.132 e. The zero-order chi connectivity index (χ0) is 10.5. The standard InChI is InChI=1S/C10H19BrN2/c1-6-9(3)13(5)8-12-10(4,11)7-2/h7-9H,2,6H2,1,3-5H3/b12-8-. The fourth-order valence-electron chi connectivity index (χ4n) is 0.658. The van der Waals surface area contributed by atoms with Crippen LogP contribution in [0, 0.1) is 0 Å². The van der Waals surface area contributed by atoms with Gasteiger partial charge in [0, 0.05) is 13.1 Å². The highest BCUT2D eigenvalue weighted by atomic mass is 79.9. The third kappa shape index (κ3) is 5.09. The zero-order valence-electron chi connectivity index (χ0n) is 8.92. The minimum atomic E-state index is -0.339. The molecule has 0 N–H and O–H groups in total. The van der Waals surface area contributed by atoms with E-state index in [1.807, 2.05) is 20.3 Å². The SMILES string of the molecule is C=CC(C)(Br)/N=C\N(C)C(C)CC. The van der Waals surface area contributed by atoms with E-state index in [-0.39, 0.29) is 4.45 Å². The normalized spacial score (nSPS) is 18.2. The first kappa shape index (κ1) is 12.7. The van der Waals surface area contributed by atoms with Gasteiger partial charge in [0.1, 0.15) is 4.45 Å². The molecule has 0 heterocycles. The van der Waals surface area contributed by atoms with E-state index in [4.69, 9.17) is 0 Å². The summed E-state index contributed by atoms with van der Waals surface area (Å²) in [6, 6.07) is 0.525. The number of rotatable bonds is 5. The van der Waals surface area contributed by atoms with Crippen LogP contribution in [0.3, 0.4) is 0 Å². The summed E-state index contributed by atoms with van der Waals surface area (Å²) in [4.78, 5) is 6.44. The van der Waals surface area contributed by atoms with E-state index < -0.39 is 0 Å². The summed E-state index contributed by atoms with van der Waals surface area (Å²) in [7, 11) is 2.03. The number of hydrogen-bond acceptors (Lipinski definition) is 1. The van der Waals surface area contributed by atoms with E-state index >= 15 is 0 Å². The van der Waals surface area contributed by atoms with Gasteiger partial charge in [0.25, 0.3) is 0 Å². The summed E-state index contributed by atoms with van der Waals surface area (Å²) < 4.78 is -0.339. The Kier molecular flexibility index (Phi) is 5.30. The van der Waals surface area contributed by atoms with Crippen LogP contribution in [0.5, 0.6) is 0 Å². The fourth-order valence-corrected chi connectivity index (χ4v) is 0.750. The first-order valence-corrected chi connectivity index (χ1v) is 5.32. The summed E-state index contributed by atoms with van der Waals surface area (Å²) in [5.74, 6) is 0. The Labute approximate surface area is 89.9 Å². The molecule has 0 rings (SSSR count). The van der Waals surface area contributed by atoms with E-state index in [9.17, 15) is 0 Å². The van der Waals surface area contributed by atoms with Crippen LogP contribution >= 0.6 is 15.9 Å². The molecule has 76 valence electrons. The summed E-state index contributed by atoms with van der Waals surface area (Å²) in [6.07, 6.45) is 4.74. The topological polar surface area (TPSA) is 15.6 Å². The van der Waals surface area contributed by atoms with Crippen molar-refractivity contribution in [3.63, 3.8) is 0 Å². The van der Waals surface area contributed by atoms with E-state index in [0.717, 1.165) is 6.42 Å². The fraction of sp³-hybridized carbons (Fsp3) is 0.700. The van der Waals surface area contributed by atoms with Crippen LogP contribution in [0.2, 0.25) is 0 Å². The van der Waals surface area contributed by atoms with Crippen molar-refractivity contribution >= 4 is 22.3 Å². The first-order valence-electron chi connectivity index (χ1n) is 4.52. The average Bonchev–Trinajstić information content (AvgIpc) is 2.13. The molecule has 0 amide bonds. The molecule has 0 aromatic carbocycles. The predicted octanol–water partition coefficient (Wildman–Crippen LogP) is 3.04. The molecule has 2 atom stereocenters. The van der Waals surface area contributed by atoms with Gasteiger partial charge in [-0.3, -0.25) is 4.99 Å². The molecule has 0 saturated heterocycles. The summed E-state index contributed by atoms with van der Waals surface area (Å²) in [5.41, 5.74) is 0. The molecule has 0 aliphatic rings. The van der Waals surface area contributed by atoms with Crippen LogP contribution in [-0.2, 0) is 0 Å². The van der Waals surface area contributed by atoms with Gasteiger partial charge in [-0.15, -0.1) is 0 Å². The highest BCUT2D eigenvalue weighted by Crippen LogP contribution is 2.19. The zero-order valence-corrected chi connectivity index (χ0v) is 10.5. The number of alkyl halides is 1. The molecule has 0 saturated carbocycles. The van der Waals surface area contributed by atoms with E-state index in [2.05, 4.69) is 46.2 Å². The molecular weight excluding hydrogens is 228 g/mol. The van der Waals surface area contributed by atoms with E-state index in [0.29, 0.717) is 6.04 Å². The second-order valence-electron chi connectivity index (χ2n) is 3.40. The van der Waals surface area contributed by atoms with Crippen molar-refractivity contribution in [3.8, 4) is 0 Å². The minimum Gasteiger partial charge on any atom is -0.363 e. The van der Waals surface area contributed by atoms with Crippen molar-refractivity contribution < 1.29 is 0 Å². The van der Waals surface area contributed by atoms with Gasteiger partial charge in [0.15, 0.2) is 0 Å². The maximum absolute atomic E-state index is 4.34. The summed E-state index contributed by atoms with van der Waals surface area (Å²) in [6.45, 7) is 9.99. The Hall–Kier alpha value is -0.310. The van der Waals surface area contributed by atoms with Gasteiger partial charge in [-0.05, 0) is 20.3 Å². The molecule has 0 aliphatic heterocycles. The Balaban J connectivity index is 4.18. The third-order valence-electron chi connectivity index (χ3n) is 2.15. The molecule has 0 aromatic heterocycles. The van der Waals surface area contributed by atoms with E-state index in [1.165, 1.54) is 0 Å². The molecular formula is C10H19BrN2. The average molecular weight is 247 g/mol. The van der Waals surface area contributed by atoms with Gasteiger partial charge in [0.05, 0.1) is 6.34 Å². The molecule has 13 heavy (non-hydrogen) atoms. The molecule has 2 unspecified atom stereocenters. The van der Waals surface area contributed by atoms with Crippen LogP contribution < -0.4 is 0 Å². The lowest BCUT2D eigenvalue weighted by Crippen LogP contribution is -2.28. The Morgan fingerprint density at radius 2 is 2.23 bits per heavy atom. The van der Waals surface area contributed by atoms with Crippen molar-refractivity contribution in [2.75, 3.05) is 7.05 Å². The predicted molar refractivity (Wildman–Crippen MR) is 63.5 cm³/mol. The molecule has 0 aromatic rings. The molecule has 3 heteroatoms. The van der Waals surface area contributed by atoms with Gasteiger partial charge >= 0.3 is 0 Å². The maximum Gasteiger partial charge on any atom is 0.132 e. The molecule has 2 nitrogen and oxygen atoms in total. The van der Waals surface area contributed by atoms with Crippen LogP contribution in [0.15, 0.2) is 17.6 Å². The lowest BCUT2D eigenvalue weighted by Gasteiger charge is -2.22. The van der Waals surface area contributed by atoms with Crippen molar-refractivity contribution in [1.82, 2.24) is 4.90 Å². The van der Waals surface area contributed by atoms with Crippen LogP contribution in [0.25, 0.3) is 0 Å². The van der Waals surface area contributed by atoms with Crippen molar-refractivity contribution in [2.45, 2.75) is 37.7 Å². The quantitative estimate of drug-likeness (QED) is 0.240. The monoisotopic (exact) mass is 246 g/mol.